The highest BCUT2D eigenvalue weighted by Crippen LogP contribution is 2.35. The van der Waals surface area contributed by atoms with Crippen molar-refractivity contribution in [1.29, 1.82) is 0 Å². The summed E-state index contributed by atoms with van der Waals surface area (Å²) in [4.78, 5) is 29.0. The Morgan fingerprint density at radius 3 is 2.18 bits per heavy atom. The van der Waals surface area contributed by atoms with Crippen LogP contribution >= 0.6 is 11.6 Å². The molecule has 0 saturated carbocycles. The lowest BCUT2D eigenvalue weighted by atomic mass is 10.0. The van der Waals surface area contributed by atoms with E-state index in [4.69, 9.17) is 16.3 Å². The summed E-state index contributed by atoms with van der Waals surface area (Å²) in [5.74, 6) is -0.970. The van der Waals surface area contributed by atoms with Gasteiger partial charge in [0, 0.05) is 31.2 Å². The number of nitrogens with zero attached hydrogens (tertiary/aromatic N) is 2. The minimum absolute atomic E-state index is 0.273. The molecule has 2 unspecified atom stereocenters. The van der Waals surface area contributed by atoms with Gasteiger partial charge in [-0.2, -0.15) is 13.2 Å². The van der Waals surface area contributed by atoms with E-state index < -0.39 is 35.7 Å². The number of anilines is 1. The van der Waals surface area contributed by atoms with Gasteiger partial charge in [-0.15, -0.1) is 0 Å². The second-order valence-corrected chi connectivity index (χ2v) is 8.13. The molecule has 2 aromatic rings. The molecule has 1 heterocycles. The van der Waals surface area contributed by atoms with Crippen molar-refractivity contribution in [2.45, 2.75) is 25.2 Å². The number of rotatable bonds is 6. The number of methoxy groups -OCH3 is 1. The lowest BCUT2D eigenvalue weighted by Gasteiger charge is -2.40. The number of alkyl halides is 3. The van der Waals surface area contributed by atoms with E-state index in [9.17, 15) is 22.8 Å². The third-order valence-corrected chi connectivity index (χ3v) is 6.10. The fourth-order valence-electron chi connectivity index (χ4n) is 3.91. The van der Waals surface area contributed by atoms with E-state index in [1.807, 2.05) is 9.80 Å². The fraction of sp³-hybridized carbons (Fsp3) is 0.391. The van der Waals surface area contributed by atoms with E-state index in [0.717, 1.165) is 6.07 Å². The number of carbonyl (C=O) groups is 2. The molecule has 3 rings (SSSR count). The van der Waals surface area contributed by atoms with Crippen LogP contribution < -0.4 is 5.32 Å². The molecule has 33 heavy (non-hydrogen) atoms. The summed E-state index contributed by atoms with van der Waals surface area (Å²) < 4.78 is 44.6. The van der Waals surface area contributed by atoms with Gasteiger partial charge in [-0.05, 0) is 30.7 Å². The van der Waals surface area contributed by atoms with Gasteiger partial charge < -0.3 is 10.1 Å². The Morgan fingerprint density at radius 1 is 1.00 bits per heavy atom. The molecule has 0 spiro atoms. The first-order valence-electron chi connectivity index (χ1n) is 10.4. The van der Waals surface area contributed by atoms with E-state index in [1.54, 1.807) is 31.2 Å². The maximum atomic E-state index is 13.2. The minimum Gasteiger partial charge on any atom is -0.468 e. The van der Waals surface area contributed by atoms with E-state index in [2.05, 4.69) is 5.32 Å². The van der Waals surface area contributed by atoms with Crippen LogP contribution in [0.4, 0.5) is 18.9 Å². The maximum absolute atomic E-state index is 13.2. The number of halogens is 4. The summed E-state index contributed by atoms with van der Waals surface area (Å²) in [6, 6.07) is 10.6. The van der Waals surface area contributed by atoms with Gasteiger partial charge in [0.25, 0.3) is 0 Å². The molecule has 0 bridgehead atoms. The van der Waals surface area contributed by atoms with Crippen molar-refractivity contribution < 1.29 is 27.5 Å². The number of amides is 1. The highest BCUT2D eigenvalue weighted by Gasteiger charge is 2.36. The molecule has 1 N–H and O–H groups in total. The minimum atomic E-state index is -4.57. The smallest absolute Gasteiger partial charge is 0.418 e. The lowest BCUT2D eigenvalue weighted by Crippen LogP contribution is -2.54. The Balaban J connectivity index is 1.67. The molecule has 1 aliphatic rings. The number of nitrogens with one attached hydrogen (secondary N) is 1. The van der Waals surface area contributed by atoms with Crippen molar-refractivity contribution in [2.75, 3.05) is 38.6 Å². The predicted octanol–water partition coefficient (Wildman–Crippen LogP) is 4.22. The first-order valence-corrected chi connectivity index (χ1v) is 10.8. The monoisotopic (exact) mass is 483 g/mol. The van der Waals surface area contributed by atoms with Gasteiger partial charge in [0.05, 0.1) is 24.4 Å². The number of ether oxygens (including phenoxy) is 1. The summed E-state index contributed by atoms with van der Waals surface area (Å²) >= 11 is 6.30. The number of benzene rings is 2. The van der Waals surface area contributed by atoms with Crippen molar-refractivity contribution in [2.24, 2.45) is 0 Å². The zero-order chi connectivity index (χ0) is 24.2. The third kappa shape index (κ3) is 5.85. The normalized spacial score (nSPS) is 17.3. The molecule has 10 heteroatoms. The molecule has 178 valence electrons. The Hall–Kier alpha value is -2.62. The number of hydrogen-bond acceptors (Lipinski definition) is 5. The van der Waals surface area contributed by atoms with Crippen LogP contribution in [-0.4, -0.2) is 61.0 Å². The van der Waals surface area contributed by atoms with Crippen molar-refractivity contribution in [3.63, 3.8) is 0 Å². The fourth-order valence-corrected chi connectivity index (χ4v) is 4.15. The standard InChI is InChI=1S/C23H25ClF3N3O3/c1-15(21(31)28-19-10-6-4-8-17(19)23(25,26)27)29-11-13-30(14-12-29)20(22(32)33-2)16-7-3-5-9-18(16)24/h3-10,15,20H,11-14H2,1-2H3,(H,28,31). The first-order chi connectivity index (χ1) is 15.6. The van der Waals surface area contributed by atoms with Crippen molar-refractivity contribution in [1.82, 2.24) is 9.80 Å². The van der Waals surface area contributed by atoms with Crippen LogP contribution in [0.15, 0.2) is 48.5 Å². The Kier molecular flexibility index (Phi) is 7.99. The Morgan fingerprint density at radius 2 is 1.58 bits per heavy atom. The highest BCUT2D eigenvalue weighted by atomic mass is 35.5. The van der Waals surface area contributed by atoms with Gasteiger partial charge in [0.1, 0.15) is 6.04 Å². The van der Waals surface area contributed by atoms with Gasteiger partial charge in [-0.3, -0.25) is 14.6 Å². The summed E-state index contributed by atoms with van der Waals surface area (Å²) in [6.07, 6.45) is -4.57. The van der Waals surface area contributed by atoms with Crippen LogP contribution in [0.2, 0.25) is 5.02 Å². The molecule has 1 saturated heterocycles. The summed E-state index contributed by atoms with van der Waals surface area (Å²) in [5.41, 5.74) is -0.532. The molecular formula is C23H25ClF3N3O3. The summed E-state index contributed by atoms with van der Waals surface area (Å²) in [6.45, 7) is 3.41. The number of carbonyl (C=O) groups excluding carboxylic acids is 2. The zero-order valence-electron chi connectivity index (χ0n) is 18.2. The first kappa shape index (κ1) is 25.0. The SMILES string of the molecule is COC(=O)C(c1ccccc1Cl)N1CCN(C(C)C(=O)Nc2ccccc2C(F)(F)F)CC1. The second-order valence-electron chi connectivity index (χ2n) is 7.73. The Bertz CT molecular complexity index is 994. The van der Waals surface area contributed by atoms with Crippen LogP contribution in [0, 0.1) is 0 Å². The number of piperazine rings is 1. The van der Waals surface area contributed by atoms with Gasteiger partial charge in [-0.1, -0.05) is 41.9 Å². The van der Waals surface area contributed by atoms with Crippen molar-refractivity contribution in [3.05, 3.63) is 64.7 Å². The molecule has 0 aliphatic carbocycles. The maximum Gasteiger partial charge on any atom is 0.418 e. The van der Waals surface area contributed by atoms with Crippen LogP contribution in [0.1, 0.15) is 24.1 Å². The molecule has 2 aromatic carbocycles. The van der Waals surface area contributed by atoms with Crippen molar-refractivity contribution >= 4 is 29.2 Å². The van der Waals surface area contributed by atoms with E-state index in [0.29, 0.717) is 36.8 Å². The van der Waals surface area contributed by atoms with Crippen LogP contribution in [0.3, 0.4) is 0 Å². The molecule has 1 amide bonds. The van der Waals surface area contributed by atoms with Crippen LogP contribution in [0.5, 0.6) is 0 Å². The molecule has 1 fully saturated rings. The molecule has 6 nitrogen and oxygen atoms in total. The largest absolute Gasteiger partial charge is 0.468 e. The van der Waals surface area contributed by atoms with Gasteiger partial charge in [-0.25, -0.2) is 4.79 Å². The molecular weight excluding hydrogens is 459 g/mol. The average molecular weight is 484 g/mol. The number of para-hydroxylation sites is 1. The highest BCUT2D eigenvalue weighted by molar-refractivity contribution is 6.31. The zero-order valence-corrected chi connectivity index (χ0v) is 19.0. The van der Waals surface area contributed by atoms with Gasteiger partial charge in [0.2, 0.25) is 5.91 Å². The van der Waals surface area contributed by atoms with E-state index in [-0.39, 0.29) is 5.69 Å². The Labute approximate surface area is 195 Å². The molecule has 0 aromatic heterocycles. The molecule has 1 aliphatic heterocycles. The quantitative estimate of drug-likeness (QED) is 0.623. The predicted molar refractivity (Wildman–Crippen MR) is 119 cm³/mol. The topological polar surface area (TPSA) is 61.9 Å². The summed E-state index contributed by atoms with van der Waals surface area (Å²) in [5, 5.41) is 2.85. The lowest BCUT2D eigenvalue weighted by molar-refractivity contribution is -0.148. The van der Waals surface area contributed by atoms with Crippen molar-refractivity contribution in [3.8, 4) is 0 Å². The van der Waals surface area contributed by atoms with Gasteiger partial charge in [0.15, 0.2) is 0 Å². The third-order valence-electron chi connectivity index (χ3n) is 5.76. The molecule has 2 atom stereocenters. The number of hydrogen-bond donors (Lipinski definition) is 1. The van der Waals surface area contributed by atoms with Crippen LogP contribution in [-0.2, 0) is 20.5 Å². The van der Waals surface area contributed by atoms with Gasteiger partial charge >= 0.3 is 12.1 Å². The number of esters is 1. The average Bonchev–Trinajstić information content (AvgIpc) is 2.80. The summed E-state index contributed by atoms with van der Waals surface area (Å²) in [7, 11) is 1.31. The molecule has 0 radical (unpaired) electrons. The van der Waals surface area contributed by atoms with E-state index >= 15 is 0 Å². The second kappa shape index (κ2) is 10.5. The van der Waals surface area contributed by atoms with E-state index in [1.165, 1.54) is 25.3 Å². The van der Waals surface area contributed by atoms with Crippen LogP contribution in [0.25, 0.3) is 0 Å².